The van der Waals surface area contributed by atoms with Gasteiger partial charge in [0.05, 0.1) is 18.0 Å². The highest BCUT2D eigenvalue weighted by atomic mass is 19.4. The maximum Gasteiger partial charge on any atom is 0.416 e. The average molecular weight is 565 g/mol. The molecule has 41 heavy (non-hydrogen) atoms. The number of anilines is 2. The number of carbonyl (C=O) groups is 2. The molecule has 1 aliphatic heterocycles. The third-order valence-electron chi connectivity index (χ3n) is 6.75. The number of hydrogen-bond donors (Lipinski definition) is 2. The minimum Gasteiger partial charge on any atom is -0.424 e. The van der Waals surface area contributed by atoms with Crippen molar-refractivity contribution in [1.29, 1.82) is 0 Å². The number of alkyl halides is 3. The van der Waals surface area contributed by atoms with Crippen LogP contribution in [0, 0.1) is 0 Å². The van der Waals surface area contributed by atoms with Gasteiger partial charge in [0.15, 0.2) is 17.8 Å². The van der Waals surface area contributed by atoms with Crippen molar-refractivity contribution in [3.8, 4) is 0 Å². The Kier molecular flexibility index (Phi) is 8.02. The standard InChI is InChI=1S/C29H27F3N6O3/c1-37-12-11-20-9-5-6-10-24(20)25(37)17-38-18-27(41-36-38)35-28(40)34-23-15-21(29(30,31)32)14-22(16-23)33-26(39)13-19-7-3-2-4-8-19/h2-10,14-16,18,25H,11-13,17H2,1H3,(H2-,33,34,35,36,39,40)/t25-/m0/s1. The van der Waals surface area contributed by atoms with E-state index in [0.717, 1.165) is 25.1 Å². The summed E-state index contributed by atoms with van der Waals surface area (Å²) < 4.78 is 47.4. The first-order valence-electron chi connectivity index (χ1n) is 12.9. The van der Waals surface area contributed by atoms with Crippen LogP contribution < -0.4 is 15.3 Å². The summed E-state index contributed by atoms with van der Waals surface area (Å²) in [5.74, 6) is -0.618. The average Bonchev–Trinajstić information content (AvgIpc) is 3.36. The summed E-state index contributed by atoms with van der Waals surface area (Å²) in [4.78, 5) is 27.2. The molecule has 0 unspecified atom stereocenters. The molecule has 0 spiro atoms. The van der Waals surface area contributed by atoms with Crippen LogP contribution in [0.1, 0.15) is 28.3 Å². The Balaban J connectivity index is 1.25. The number of likely N-dealkylation sites (N-methyl/N-ethyl adjacent to an activating group) is 1. The van der Waals surface area contributed by atoms with Crippen LogP contribution in [-0.4, -0.2) is 35.7 Å². The maximum atomic E-state index is 13.6. The fraction of sp³-hybridized carbons (Fsp3) is 0.241. The molecular formula is C29H27F3N6O3. The zero-order chi connectivity index (χ0) is 29.0. The maximum absolute atomic E-state index is 13.6. The second-order valence-corrected chi connectivity index (χ2v) is 9.76. The predicted octanol–water partition coefficient (Wildman–Crippen LogP) is 5.63. The molecule has 0 radical (unpaired) electrons. The van der Waals surface area contributed by atoms with Crippen LogP contribution in [-0.2, 0) is 30.4 Å². The second kappa shape index (κ2) is 11.8. The summed E-state index contributed by atoms with van der Waals surface area (Å²) in [6, 6.07) is 18.8. The van der Waals surface area contributed by atoms with Crippen molar-refractivity contribution in [3.63, 3.8) is 0 Å². The molecule has 0 bridgehead atoms. The van der Waals surface area contributed by atoms with E-state index in [1.165, 1.54) is 28.1 Å². The normalized spacial score (nSPS) is 15.2. The van der Waals surface area contributed by atoms with Crippen LogP contribution in [0.4, 0.5) is 35.2 Å². The first-order chi connectivity index (χ1) is 19.6. The van der Waals surface area contributed by atoms with Gasteiger partial charge in [-0.1, -0.05) is 59.3 Å². The molecular weight excluding hydrogens is 537 g/mol. The lowest BCUT2D eigenvalue weighted by Gasteiger charge is -2.31. The van der Waals surface area contributed by atoms with Crippen molar-refractivity contribution in [2.75, 3.05) is 24.2 Å². The van der Waals surface area contributed by atoms with E-state index in [1.54, 1.807) is 30.3 Å². The Labute approximate surface area is 233 Å². The Hall–Kier alpha value is -4.71. The Morgan fingerprint density at radius 3 is 2.51 bits per heavy atom. The lowest BCUT2D eigenvalue weighted by Crippen LogP contribution is -2.45. The molecule has 1 atom stereocenters. The fourth-order valence-electron chi connectivity index (χ4n) is 4.77. The molecule has 1 aliphatic rings. The lowest BCUT2D eigenvalue weighted by atomic mass is 9.93. The summed E-state index contributed by atoms with van der Waals surface area (Å²) in [6.07, 6.45) is -2.34. The molecule has 1 aromatic heterocycles. The van der Waals surface area contributed by atoms with Crippen LogP contribution in [0.5, 0.6) is 0 Å². The number of rotatable bonds is 7. The quantitative estimate of drug-likeness (QED) is 0.283. The van der Waals surface area contributed by atoms with Crippen LogP contribution in [0.2, 0.25) is 0 Å². The van der Waals surface area contributed by atoms with E-state index in [4.69, 9.17) is 4.52 Å². The smallest absolute Gasteiger partial charge is 0.416 e. The van der Waals surface area contributed by atoms with Crippen LogP contribution in [0.15, 0.2) is 83.5 Å². The first kappa shape index (κ1) is 27.8. The van der Waals surface area contributed by atoms with Gasteiger partial charge in [-0.25, -0.2) is 0 Å². The van der Waals surface area contributed by atoms with Crippen molar-refractivity contribution < 1.29 is 32.0 Å². The molecule has 3 aromatic carbocycles. The predicted molar refractivity (Wildman–Crippen MR) is 144 cm³/mol. The largest absolute Gasteiger partial charge is 0.424 e. The Bertz CT molecular complexity index is 1540. The van der Waals surface area contributed by atoms with Gasteiger partial charge < -0.3 is 20.5 Å². The zero-order valence-corrected chi connectivity index (χ0v) is 22.1. The van der Waals surface area contributed by atoms with Crippen molar-refractivity contribution in [1.82, 2.24) is 10.2 Å². The molecule has 212 valence electrons. The number of aromatic nitrogens is 2. The molecule has 2 N–H and O–H groups in total. The van der Waals surface area contributed by atoms with Crippen molar-refractivity contribution in [2.24, 2.45) is 0 Å². The number of carbonyl (C=O) groups excluding carboxylic acids is 2. The van der Waals surface area contributed by atoms with Crippen LogP contribution >= 0.6 is 0 Å². The fourth-order valence-corrected chi connectivity index (χ4v) is 4.77. The van der Waals surface area contributed by atoms with E-state index in [0.29, 0.717) is 12.1 Å². The molecule has 4 aromatic rings. The van der Waals surface area contributed by atoms with Gasteiger partial charge in [-0.05, 0) is 54.0 Å². The molecule has 0 fully saturated rings. The molecule has 5 rings (SSSR count). The minimum absolute atomic E-state index is 0.0260. The summed E-state index contributed by atoms with van der Waals surface area (Å²) in [5, 5.41) is 12.5. The van der Waals surface area contributed by atoms with Crippen molar-refractivity contribution in [3.05, 3.63) is 107 Å². The SMILES string of the molecule is CN1CCc2ccccc2[C@@H]1C[n+]1cc([N-]C(=O)Nc2cc(NC(=O)Cc3ccccc3)cc(C(F)(F)F)c2)on1. The van der Waals surface area contributed by atoms with Gasteiger partial charge in [-0.2, -0.15) is 13.2 Å². The van der Waals surface area contributed by atoms with Gasteiger partial charge in [0.2, 0.25) is 18.0 Å². The number of fused-ring (bicyclic) bond motifs is 1. The van der Waals surface area contributed by atoms with E-state index in [2.05, 4.69) is 38.3 Å². The molecule has 0 saturated heterocycles. The molecule has 12 heteroatoms. The number of hydrogen-bond acceptors (Lipinski definition) is 5. The van der Waals surface area contributed by atoms with Crippen LogP contribution in [0.3, 0.4) is 0 Å². The summed E-state index contributed by atoms with van der Waals surface area (Å²) in [5.41, 5.74) is 1.79. The van der Waals surface area contributed by atoms with Crippen LogP contribution in [0.25, 0.3) is 5.32 Å². The number of halogens is 3. The summed E-state index contributed by atoms with van der Waals surface area (Å²) >= 11 is 0. The number of urea groups is 1. The minimum atomic E-state index is -4.71. The van der Waals surface area contributed by atoms with E-state index in [-0.39, 0.29) is 29.7 Å². The number of amides is 3. The zero-order valence-electron chi connectivity index (χ0n) is 22.1. The first-order valence-corrected chi connectivity index (χ1v) is 12.9. The Morgan fingerprint density at radius 2 is 1.76 bits per heavy atom. The third kappa shape index (κ3) is 7.09. The second-order valence-electron chi connectivity index (χ2n) is 9.76. The third-order valence-corrected chi connectivity index (χ3v) is 6.75. The van der Waals surface area contributed by atoms with Gasteiger partial charge >= 0.3 is 6.18 Å². The molecule has 3 amide bonds. The lowest BCUT2D eigenvalue weighted by molar-refractivity contribution is -0.766. The van der Waals surface area contributed by atoms with Gasteiger partial charge in [0, 0.05) is 12.2 Å². The molecule has 9 nitrogen and oxygen atoms in total. The highest BCUT2D eigenvalue weighted by molar-refractivity contribution is 6.04. The monoisotopic (exact) mass is 564 g/mol. The topological polar surface area (TPSA) is 105 Å². The number of benzene rings is 3. The van der Waals surface area contributed by atoms with Crippen molar-refractivity contribution in [2.45, 2.75) is 31.6 Å². The highest BCUT2D eigenvalue weighted by Crippen LogP contribution is 2.34. The van der Waals surface area contributed by atoms with Gasteiger partial charge in [0.1, 0.15) is 0 Å². The van der Waals surface area contributed by atoms with Crippen molar-refractivity contribution >= 4 is 29.2 Å². The highest BCUT2D eigenvalue weighted by Gasteiger charge is 2.31. The van der Waals surface area contributed by atoms with E-state index >= 15 is 0 Å². The molecule has 0 aliphatic carbocycles. The number of nitrogens with zero attached hydrogens (tertiary/aromatic N) is 4. The molecule has 2 heterocycles. The van der Waals surface area contributed by atoms with E-state index in [1.807, 2.05) is 19.2 Å². The number of nitrogens with one attached hydrogen (secondary N) is 2. The van der Waals surface area contributed by atoms with Gasteiger partial charge in [0.25, 0.3) is 0 Å². The molecule has 0 saturated carbocycles. The van der Waals surface area contributed by atoms with E-state index in [9.17, 15) is 22.8 Å². The summed E-state index contributed by atoms with van der Waals surface area (Å²) in [6.45, 7) is 1.33. The van der Waals surface area contributed by atoms with E-state index < -0.39 is 23.7 Å². The van der Waals surface area contributed by atoms with Gasteiger partial charge in [-0.3, -0.25) is 14.5 Å². The van der Waals surface area contributed by atoms with Gasteiger partial charge in [-0.15, -0.1) is 0 Å². The Morgan fingerprint density at radius 1 is 1.05 bits per heavy atom. The summed E-state index contributed by atoms with van der Waals surface area (Å²) in [7, 11) is 2.02.